The molecule has 0 radical (unpaired) electrons. The molecule has 0 aliphatic carbocycles. The van der Waals surface area contributed by atoms with Crippen molar-refractivity contribution >= 4 is 5.91 Å². The van der Waals surface area contributed by atoms with E-state index in [2.05, 4.69) is 10.6 Å². The third kappa shape index (κ3) is 6.05. The van der Waals surface area contributed by atoms with E-state index in [-0.39, 0.29) is 18.6 Å². The molecule has 1 saturated heterocycles. The van der Waals surface area contributed by atoms with Crippen LogP contribution in [0.3, 0.4) is 0 Å². The van der Waals surface area contributed by atoms with Crippen LogP contribution in [0.2, 0.25) is 0 Å². The van der Waals surface area contributed by atoms with Gasteiger partial charge in [-0.1, -0.05) is 0 Å². The van der Waals surface area contributed by atoms with Crippen molar-refractivity contribution in [1.82, 2.24) is 15.5 Å². The van der Waals surface area contributed by atoms with Crippen LogP contribution >= 0.6 is 0 Å². The molecule has 1 fully saturated rings. The number of nitrogens with zero attached hydrogens (tertiary/aromatic N) is 1. The standard InChI is InChI=1S/C11H23N3O2/c1-14(2)8-7-13-11(15)9-16-10-3-5-12-6-4-10/h10,12H,3-9H2,1-2H3,(H,13,15). The fourth-order valence-electron chi connectivity index (χ4n) is 1.63. The van der Waals surface area contributed by atoms with Gasteiger partial charge in [-0.15, -0.1) is 0 Å². The molecule has 1 heterocycles. The van der Waals surface area contributed by atoms with Gasteiger partial charge in [-0.05, 0) is 40.0 Å². The highest BCUT2D eigenvalue weighted by Crippen LogP contribution is 2.06. The fourth-order valence-corrected chi connectivity index (χ4v) is 1.63. The summed E-state index contributed by atoms with van der Waals surface area (Å²) in [7, 11) is 3.97. The number of carbonyl (C=O) groups excluding carboxylic acids is 1. The highest BCUT2D eigenvalue weighted by molar-refractivity contribution is 5.77. The normalized spacial score (nSPS) is 17.7. The molecule has 0 aromatic heterocycles. The zero-order valence-corrected chi connectivity index (χ0v) is 10.3. The minimum atomic E-state index is -0.0135. The third-order valence-corrected chi connectivity index (χ3v) is 2.62. The molecule has 16 heavy (non-hydrogen) atoms. The van der Waals surface area contributed by atoms with Gasteiger partial charge in [0.2, 0.25) is 5.91 Å². The van der Waals surface area contributed by atoms with Crippen LogP contribution in [0.15, 0.2) is 0 Å². The Bertz CT molecular complexity index is 203. The topological polar surface area (TPSA) is 53.6 Å². The molecule has 0 spiro atoms. The van der Waals surface area contributed by atoms with Crippen molar-refractivity contribution in [3.63, 3.8) is 0 Å². The summed E-state index contributed by atoms with van der Waals surface area (Å²) in [5, 5.41) is 6.10. The lowest BCUT2D eigenvalue weighted by Crippen LogP contribution is -2.37. The lowest BCUT2D eigenvalue weighted by Gasteiger charge is -2.22. The number of hydrogen-bond donors (Lipinski definition) is 2. The molecule has 1 rings (SSSR count). The van der Waals surface area contributed by atoms with Crippen molar-refractivity contribution < 1.29 is 9.53 Å². The van der Waals surface area contributed by atoms with E-state index in [1.54, 1.807) is 0 Å². The van der Waals surface area contributed by atoms with Crippen molar-refractivity contribution in [1.29, 1.82) is 0 Å². The maximum Gasteiger partial charge on any atom is 0.246 e. The SMILES string of the molecule is CN(C)CCNC(=O)COC1CCNCC1. The Labute approximate surface area is 97.5 Å². The Balaban J connectivity index is 2.00. The van der Waals surface area contributed by atoms with Gasteiger partial charge in [-0.25, -0.2) is 0 Å². The van der Waals surface area contributed by atoms with Crippen molar-refractivity contribution in [2.75, 3.05) is 46.9 Å². The molecule has 0 aromatic carbocycles. The molecular weight excluding hydrogens is 206 g/mol. The molecule has 5 nitrogen and oxygen atoms in total. The van der Waals surface area contributed by atoms with Crippen LogP contribution in [0.5, 0.6) is 0 Å². The number of rotatable bonds is 6. The Kier molecular flexibility index (Phi) is 6.37. The average molecular weight is 229 g/mol. The molecule has 1 aliphatic rings. The highest BCUT2D eigenvalue weighted by atomic mass is 16.5. The minimum Gasteiger partial charge on any atom is -0.368 e. The molecule has 5 heteroatoms. The number of nitrogens with one attached hydrogen (secondary N) is 2. The van der Waals surface area contributed by atoms with Crippen LogP contribution in [0.4, 0.5) is 0 Å². The Morgan fingerprint density at radius 1 is 1.44 bits per heavy atom. The van der Waals surface area contributed by atoms with Gasteiger partial charge in [-0.2, -0.15) is 0 Å². The molecule has 0 aromatic rings. The van der Waals surface area contributed by atoms with Crippen molar-refractivity contribution in [2.45, 2.75) is 18.9 Å². The second-order valence-corrected chi connectivity index (χ2v) is 4.41. The fraction of sp³-hybridized carbons (Fsp3) is 0.909. The van der Waals surface area contributed by atoms with Crippen LogP contribution in [-0.4, -0.2) is 63.8 Å². The van der Waals surface area contributed by atoms with Crippen molar-refractivity contribution in [3.05, 3.63) is 0 Å². The second kappa shape index (κ2) is 7.60. The molecule has 0 saturated carbocycles. The lowest BCUT2D eigenvalue weighted by atomic mass is 10.1. The third-order valence-electron chi connectivity index (χ3n) is 2.62. The molecular formula is C11H23N3O2. The molecule has 0 atom stereocenters. The average Bonchev–Trinajstić information content (AvgIpc) is 2.27. The predicted octanol–water partition coefficient (Wildman–Crippen LogP) is -0.567. The van der Waals surface area contributed by atoms with Gasteiger partial charge in [0, 0.05) is 13.1 Å². The Morgan fingerprint density at radius 2 is 2.12 bits per heavy atom. The first-order chi connectivity index (χ1) is 7.68. The second-order valence-electron chi connectivity index (χ2n) is 4.41. The van der Waals surface area contributed by atoms with Gasteiger partial charge in [0.05, 0.1) is 6.10 Å². The predicted molar refractivity (Wildman–Crippen MR) is 63.4 cm³/mol. The number of amides is 1. The summed E-state index contributed by atoms with van der Waals surface area (Å²) in [4.78, 5) is 13.4. The Morgan fingerprint density at radius 3 is 2.75 bits per heavy atom. The first kappa shape index (κ1) is 13.4. The number of hydrogen-bond acceptors (Lipinski definition) is 4. The lowest BCUT2D eigenvalue weighted by molar-refractivity contribution is -0.128. The molecule has 2 N–H and O–H groups in total. The first-order valence-electron chi connectivity index (χ1n) is 5.92. The van der Waals surface area contributed by atoms with E-state index in [9.17, 15) is 4.79 Å². The van der Waals surface area contributed by atoms with Gasteiger partial charge in [0.15, 0.2) is 0 Å². The maximum atomic E-state index is 11.4. The molecule has 0 unspecified atom stereocenters. The van der Waals surface area contributed by atoms with Crippen molar-refractivity contribution in [3.8, 4) is 0 Å². The maximum absolute atomic E-state index is 11.4. The van der Waals surface area contributed by atoms with E-state index in [4.69, 9.17) is 4.74 Å². The number of piperidine rings is 1. The molecule has 1 aliphatic heterocycles. The smallest absolute Gasteiger partial charge is 0.246 e. The summed E-state index contributed by atoms with van der Waals surface area (Å²) in [5.41, 5.74) is 0. The van der Waals surface area contributed by atoms with Crippen molar-refractivity contribution in [2.24, 2.45) is 0 Å². The van der Waals surface area contributed by atoms with Gasteiger partial charge in [0.25, 0.3) is 0 Å². The highest BCUT2D eigenvalue weighted by Gasteiger charge is 2.14. The van der Waals surface area contributed by atoms with E-state index in [0.29, 0.717) is 6.54 Å². The molecule has 1 amide bonds. The van der Waals surface area contributed by atoms with Gasteiger partial charge < -0.3 is 20.3 Å². The minimum absolute atomic E-state index is 0.0135. The summed E-state index contributed by atoms with van der Waals surface area (Å²) >= 11 is 0. The van der Waals surface area contributed by atoms with E-state index in [0.717, 1.165) is 32.5 Å². The summed E-state index contributed by atoms with van der Waals surface area (Å²) < 4.78 is 5.54. The molecule has 0 bridgehead atoms. The largest absolute Gasteiger partial charge is 0.368 e. The Hall–Kier alpha value is -0.650. The number of likely N-dealkylation sites (N-methyl/N-ethyl adjacent to an activating group) is 1. The molecule has 94 valence electrons. The first-order valence-corrected chi connectivity index (χ1v) is 5.92. The zero-order valence-electron chi connectivity index (χ0n) is 10.3. The van der Waals surface area contributed by atoms with E-state index < -0.39 is 0 Å². The van der Waals surface area contributed by atoms with Crippen LogP contribution in [0.1, 0.15) is 12.8 Å². The monoisotopic (exact) mass is 229 g/mol. The van der Waals surface area contributed by atoms with Crippen LogP contribution in [0, 0.1) is 0 Å². The van der Waals surface area contributed by atoms with Crippen LogP contribution in [0.25, 0.3) is 0 Å². The number of carbonyl (C=O) groups is 1. The van der Waals surface area contributed by atoms with Gasteiger partial charge >= 0.3 is 0 Å². The quantitative estimate of drug-likeness (QED) is 0.640. The van der Waals surface area contributed by atoms with Crippen LogP contribution in [-0.2, 0) is 9.53 Å². The summed E-state index contributed by atoms with van der Waals surface area (Å²) in [6.45, 7) is 3.72. The van der Waals surface area contributed by atoms with Crippen LogP contribution < -0.4 is 10.6 Å². The van der Waals surface area contributed by atoms with E-state index in [1.807, 2.05) is 19.0 Å². The number of ether oxygens (including phenoxy) is 1. The van der Waals surface area contributed by atoms with Gasteiger partial charge in [0.1, 0.15) is 6.61 Å². The summed E-state index contributed by atoms with van der Waals surface area (Å²) in [6.07, 6.45) is 2.26. The van der Waals surface area contributed by atoms with E-state index in [1.165, 1.54) is 0 Å². The zero-order chi connectivity index (χ0) is 11.8. The summed E-state index contributed by atoms with van der Waals surface area (Å²) in [5.74, 6) is -0.0135. The summed E-state index contributed by atoms with van der Waals surface area (Å²) in [6, 6.07) is 0. The van der Waals surface area contributed by atoms with E-state index >= 15 is 0 Å². The van der Waals surface area contributed by atoms with Gasteiger partial charge in [-0.3, -0.25) is 4.79 Å².